The zero-order chi connectivity index (χ0) is 36.3. The highest BCUT2D eigenvalue weighted by atomic mass is 32.1. The Morgan fingerprint density at radius 2 is 0.927 bits per heavy atom. The van der Waals surface area contributed by atoms with Crippen LogP contribution in [0, 0.1) is 0 Å². The minimum atomic E-state index is 1.14. The summed E-state index contributed by atoms with van der Waals surface area (Å²) in [5.41, 5.74) is 10.9. The van der Waals surface area contributed by atoms with Crippen LogP contribution in [0.15, 0.2) is 200 Å². The molecular formula is C52H33NS2. The van der Waals surface area contributed by atoms with Gasteiger partial charge in [-0.05, 0) is 80.6 Å². The predicted octanol–water partition coefficient (Wildman–Crippen LogP) is 16.0. The molecule has 258 valence electrons. The van der Waals surface area contributed by atoms with E-state index in [4.69, 9.17) is 0 Å². The molecule has 0 bridgehead atoms. The van der Waals surface area contributed by atoms with Gasteiger partial charge in [-0.15, -0.1) is 22.7 Å². The lowest BCUT2D eigenvalue weighted by molar-refractivity contribution is 1.31. The van der Waals surface area contributed by atoms with Crippen LogP contribution in [-0.2, 0) is 0 Å². The lowest BCUT2D eigenvalue weighted by atomic mass is 9.98. The van der Waals surface area contributed by atoms with Crippen molar-refractivity contribution in [3.63, 3.8) is 0 Å². The van der Waals surface area contributed by atoms with Gasteiger partial charge in [-0.25, -0.2) is 0 Å². The molecule has 0 unspecified atom stereocenters. The van der Waals surface area contributed by atoms with E-state index >= 15 is 0 Å². The Kier molecular flexibility index (Phi) is 7.61. The fourth-order valence-electron chi connectivity index (χ4n) is 8.22. The molecule has 0 atom stereocenters. The van der Waals surface area contributed by atoms with E-state index in [0.717, 1.165) is 11.4 Å². The Bertz CT molecular complexity index is 3200. The van der Waals surface area contributed by atoms with Crippen LogP contribution in [0.2, 0.25) is 0 Å². The number of hydrogen-bond donors (Lipinski definition) is 0. The van der Waals surface area contributed by atoms with Gasteiger partial charge in [0.25, 0.3) is 0 Å². The van der Waals surface area contributed by atoms with E-state index < -0.39 is 0 Å². The minimum absolute atomic E-state index is 1.14. The van der Waals surface area contributed by atoms with Gasteiger partial charge < -0.3 is 4.90 Å². The van der Waals surface area contributed by atoms with Crippen molar-refractivity contribution in [2.45, 2.75) is 0 Å². The normalized spacial score (nSPS) is 11.6. The average Bonchev–Trinajstić information content (AvgIpc) is 3.83. The zero-order valence-electron chi connectivity index (χ0n) is 29.8. The van der Waals surface area contributed by atoms with Crippen LogP contribution in [0.4, 0.5) is 17.1 Å². The zero-order valence-corrected chi connectivity index (χ0v) is 31.4. The van der Waals surface area contributed by atoms with Gasteiger partial charge in [0.05, 0.1) is 5.69 Å². The Labute approximate surface area is 327 Å². The van der Waals surface area contributed by atoms with E-state index in [-0.39, 0.29) is 0 Å². The van der Waals surface area contributed by atoms with Gasteiger partial charge in [-0.2, -0.15) is 0 Å². The lowest BCUT2D eigenvalue weighted by Gasteiger charge is -2.27. The molecule has 0 radical (unpaired) electrons. The Morgan fingerprint density at radius 3 is 1.69 bits per heavy atom. The minimum Gasteiger partial charge on any atom is -0.310 e. The summed E-state index contributed by atoms with van der Waals surface area (Å²) >= 11 is 3.79. The maximum absolute atomic E-state index is 2.49. The fraction of sp³-hybridized carbons (Fsp3) is 0. The summed E-state index contributed by atoms with van der Waals surface area (Å²) < 4.78 is 5.19. The first-order chi connectivity index (χ1) is 27.3. The van der Waals surface area contributed by atoms with Gasteiger partial charge in [0, 0.05) is 51.7 Å². The second-order valence-electron chi connectivity index (χ2n) is 14.1. The molecule has 55 heavy (non-hydrogen) atoms. The third-order valence-corrected chi connectivity index (χ3v) is 13.2. The molecule has 0 aliphatic heterocycles. The summed E-state index contributed by atoms with van der Waals surface area (Å²) in [6.45, 7) is 0. The molecule has 11 aromatic rings. The van der Waals surface area contributed by atoms with Crippen LogP contribution < -0.4 is 4.90 Å². The lowest BCUT2D eigenvalue weighted by Crippen LogP contribution is -2.10. The maximum Gasteiger partial charge on any atom is 0.0555 e. The number of anilines is 3. The Morgan fingerprint density at radius 1 is 0.327 bits per heavy atom. The fourth-order valence-corrected chi connectivity index (χ4v) is 10.8. The van der Waals surface area contributed by atoms with Gasteiger partial charge in [-0.1, -0.05) is 164 Å². The van der Waals surface area contributed by atoms with E-state index in [9.17, 15) is 0 Å². The molecule has 0 saturated heterocycles. The maximum atomic E-state index is 2.49. The van der Waals surface area contributed by atoms with Crippen molar-refractivity contribution in [2.75, 3.05) is 4.90 Å². The van der Waals surface area contributed by atoms with Crippen LogP contribution in [0.5, 0.6) is 0 Å². The van der Waals surface area contributed by atoms with E-state index in [2.05, 4.69) is 205 Å². The Balaban J connectivity index is 1.18. The van der Waals surface area contributed by atoms with Crippen molar-refractivity contribution in [1.29, 1.82) is 0 Å². The molecular weight excluding hydrogens is 703 g/mol. The molecule has 2 heterocycles. The van der Waals surface area contributed by atoms with Crippen molar-refractivity contribution < 1.29 is 0 Å². The first-order valence-electron chi connectivity index (χ1n) is 18.7. The summed E-state index contributed by atoms with van der Waals surface area (Å²) in [6, 6.07) is 73.3. The molecule has 3 heteroatoms. The van der Waals surface area contributed by atoms with Gasteiger partial charge in [0.2, 0.25) is 0 Å². The quantitative estimate of drug-likeness (QED) is 0.164. The molecule has 2 aromatic heterocycles. The van der Waals surface area contributed by atoms with Gasteiger partial charge in [0.1, 0.15) is 0 Å². The first-order valence-corrected chi connectivity index (χ1v) is 20.3. The van der Waals surface area contributed by atoms with Crippen LogP contribution in [0.3, 0.4) is 0 Å². The summed E-state index contributed by atoms with van der Waals surface area (Å²) in [6.07, 6.45) is 0. The van der Waals surface area contributed by atoms with Crippen molar-refractivity contribution >= 4 is 90.9 Å². The third-order valence-electron chi connectivity index (χ3n) is 10.8. The molecule has 0 spiro atoms. The van der Waals surface area contributed by atoms with Crippen LogP contribution >= 0.6 is 22.7 Å². The smallest absolute Gasteiger partial charge is 0.0555 e. The number of hydrogen-bond acceptors (Lipinski definition) is 3. The van der Waals surface area contributed by atoms with Crippen molar-refractivity contribution in [3.05, 3.63) is 200 Å². The van der Waals surface area contributed by atoms with Gasteiger partial charge >= 0.3 is 0 Å². The SMILES string of the molecule is c1ccc(-c2ccc3c(c2)sc2c(-c4ccccc4)ccc(N(c4ccc5ccccc5c4)c4ccc5c(c4)sc4c(-c6ccccc6)cccc45)c23)cc1. The van der Waals surface area contributed by atoms with Crippen molar-refractivity contribution in [2.24, 2.45) is 0 Å². The highest BCUT2D eigenvalue weighted by Crippen LogP contribution is 2.50. The van der Waals surface area contributed by atoms with Crippen LogP contribution in [-0.4, -0.2) is 0 Å². The topological polar surface area (TPSA) is 3.24 Å². The average molecular weight is 736 g/mol. The monoisotopic (exact) mass is 735 g/mol. The van der Waals surface area contributed by atoms with Crippen molar-refractivity contribution in [1.82, 2.24) is 0 Å². The molecule has 0 aliphatic rings. The summed E-state index contributed by atoms with van der Waals surface area (Å²) in [4.78, 5) is 2.49. The number of nitrogens with zero attached hydrogens (tertiary/aromatic N) is 1. The molecule has 1 nitrogen and oxygen atoms in total. The number of benzene rings is 9. The van der Waals surface area contributed by atoms with Crippen LogP contribution in [0.1, 0.15) is 0 Å². The molecule has 0 N–H and O–H groups in total. The highest BCUT2D eigenvalue weighted by Gasteiger charge is 2.22. The second kappa shape index (κ2) is 13.1. The van der Waals surface area contributed by atoms with E-state index in [0.29, 0.717) is 0 Å². The molecule has 0 amide bonds. The predicted molar refractivity (Wildman–Crippen MR) is 241 cm³/mol. The Hall–Kier alpha value is -6.52. The highest BCUT2D eigenvalue weighted by molar-refractivity contribution is 7.27. The first kappa shape index (κ1) is 32.0. The third kappa shape index (κ3) is 5.43. The van der Waals surface area contributed by atoms with E-state index in [1.807, 2.05) is 22.7 Å². The van der Waals surface area contributed by atoms with Gasteiger partial charge in [0.15, 0.2) is 0 Å². The summed E-state index contributed by atoms with van der Waals surface area (Å²) in [7, 11) is 0. The number of rotatable bonds is 6. The molecule has 11 rings (SSSR count). The van der Waals surface area contributed by atoms with Crippen molar-refractivity contribution in [3.8, 4) is 33.4 Å². The molecule has 0 saturated carbocycles. The standard InChI is InChI=1S/C52H33NS2/c1-4-13-34(14-5-1)39-24-27-46-48(32-39)55-52-43(37-18-8-3-9-19-37)29-30-47(50(46)52)53(40-25-23-35-15-10-11-20-38(35)31-40)41-26-28-44-45-22-12-21-42(36-16-6-2-7-17-36)51(45)54-49(44)33-41/h1-33H. The molecule has 0 fully saturated rings. The van der Waals surface area contributed by atoms with E-state index in [1.54, 1.807) is 0 Å². The van der Waals surface area contributed by atoms with E-state index in [1.165, 1.54) is 90.2 Å². The summed E-state index contributed by atoms with van der Waals surface area (Å²) in [5, 5.41) is 7.60. The molecule has 0 aliphatic carbocycles. The number of fused-ring (bicyclic) bond motifs is 7. The largest absolute Gasteiger partial charge is 0.310 e. The summed E-state index contributed by atoms with van der Waals surface area (Å²) in [5.74, 6) is 0. The second-order valence-corrected chi connectivity index (χ2v) is 16.2. The van der Waals surface area contributed by atoms with Crippen LogP contribution in [0.25, 0.3) is 84.5 Å². The number of thiophene rings is 2. The van der Waals surface area contributed by atoms with Gasteiger partial charge in [-0.3, -0.25) is 0 Å². The molecule has 9 aromatic carbocycles.